The summed E-state index contributed by atoms with van der Waals surface area (Å²) in [5.74, 6) is 0.514. The van der Waals surface area contributed by atoms with E-state index in [4.69, 9.17) is 9.84 Å². The number of hydrogen-bond donors (Lipinski definition) is 4. The maximum atomic E-state index is 12.2. The van der Waals surface area contributed by atoms with Gasteiger partial charge in [0.15, 0.2) is 0 Å². The van der Waals surface area contributed by atoms with Crippen molar-refractivity contribution in [1.82, 2.24) is 0 Å². The summed E-state index contributed by atoms with van der Waals surface area (Å²) in [4.78, 5) is 12.2. The second-order valence-corrected chi connectivity index (χ2v) is 4.98. The molecule has 1 atom stereocenters. The highest BCUT2D eigenvalue weighted by Crippen LogP contribution is 2.16. The number of carbonyl (C=O) groups is 1. The zero-order valence-electron chi connectivity index (χ0n) is 12.8. The van der Waals surface area contributed by atoms with Gasteiger partial charge in [0.2, 0.25) is 0 Å². The van der Waals surface area contributed by atoms with E-state index in [0.29, 0.717) is 11.3 Å². The van der Waals surface area contributed by atoms with Crippen LogP contribution in [0.15, 0.2) is 48.5 Å². The third kappa shape index (κ3) is 4.98. The molecule has 1 amide bonds. The Morgan fingerprint density at radius 1 is 1.09 bits per heavy atom. The molecule has 2 rings (SSSR count). The first-order valence-corrected chi connectivity index (χ1v) is 7.20. The predicted octanol–water partition coefficient (Wildman–Crippen LogP) is 1.71. The van der Waals surface area contributed by atoms with Crippen LogP contribution in [0.25, 0.3) is 0 Å². The van der Waals surface area contributed by atoms with Crippen LogP contribution in [0, 0.1) is 0 Å². The van der Waals surface area contributed by atoms with Crippen LogP contribution in [0.1, 0.15) is 10.4 Å². The number of hydrogen-bond acceptors (Lipinski definition) is 5. The third-order valence-corrected chi connectivity index (χ3v) is 3.25. The summed E-state index contributed by atoms with van der Waals surface area (Å²) >= 11 is 0. The van der Waals surface area contributed by atoms with Crippen LogP contribution in [0.2, 0.25) is 0 Å². The molecule has 2 aromatic rings. The van der Waals surface area contributed by atoms with Crippen molar-refractivity contribution in [3.63, 3.8) is 0 Å². The Morgan fingerprint density at radius 3 is 2.26 bits per heavy atom. The summed E-state index contributed by atoms with van der Waals surface area (Å²) in [7, 11) is 1.59. The molecule has 23 heavy (non-hydrogen) atoms. The topological polar surface area (TPSA) is 90.8 Å². The predicted molar refractivity (Wildman–Crippen MR) is 89.0 cm³/mol. The molecule has 0 saturated heterocycles. The van der Waals surface area contributed by atoms with Crippen molar-refractivity contribution in [2.45, 2.75) is 6.10 Å². The van der Waals surface area contributed by atoms with E-state index in [0.717, 1.165) is 11.4 Å². The summed E-state index contributed by atoms with van der Waals surface area (Å²) in [6.45, 7) is -0.0523. The smallest absolute Gasteiger partial charge is 0.255 e. The van der Waals surface area contributed by atoms with E-state index in [9.17, 15) is 9.90 Å². The average Bonchev–Trinajstić information content (AvgIpc) is 2.60. The summed E-state index contributed by atoms with van der Waals surface area (Å²) in [5, 5.41) is 23.8. The number of benzene rings is 2. The van der Waals surface area contributed by atoms with E-state index in [2.05, 4.69) is 10.6 Å². The van der Waals surface area contributed by atoms with E-state index in [1.54, 1.807) is 55.6 Å². The first-order chi connectivity index (χ1) is 11.1. The van der Waals surface area contributed by atoms with Crippen molar-refractivity contribution < 1.29 is 19.7 Å². The molecule has 4 N–H and O–H groups in total. The van der Waals surface area contributed by atoms with E-state index in [1.165, 1.54) is 0 Å². The van der Waals surface area contributed by atoms with Gasteiger partial charge in [-0.2, -0.15) is 0 Å². The highest BCUT2D eigenvalue weighted by molar-refractivity contribution is 6.04. The molecule has 2 aromatic carbocycles. The zero-order chi connectivity index (χ0) is 16.7. The minimum atomic E-state index is -0.812. The molecule has 0 aromatic heterocycles. The van der Waals surface area contributed by atoms with Crippen LogP contribution in [0.3, 0.4) is 0 Å². The average molecular weight is 316 g/mol. The van der Waals surface area contributed by atoms with Gasteiger partial charge in [-0.15, -0.1) is 0 Å². The molecule has 0 bridgehead atoms. The largest absolute Gasteiger partial charge is 0.497 e. The minimum Gasteiger partial charge on any atom is -0.497 e. The number of amides is 1. The summed E-state index contributed by atoms with van der Waals surface area (Å²) in [6, 6.07) is 13.9. The van der Waals surface area contributed by atoms with Crippen molar-refractivity contribution in [2.24, 2.45) is 0 Å². The number of nitrogens with one attached hydrogen (secondary N) is 2. The van der Waals surface area contributed by atoms with Gasteiger partial charge in [-0.25, -0.2) is 0 Å². The van der Waals surface area contributed by atoms with Gasteiger partial charge in [-0.05, 0) is 48.5 Å². The molecule has 6 heteroatoms. The Kier molecular flexibility index (Phi) is 5.96. The molecule has 0 aliphatic rings. The minimum absolute atomic E-state index is 0.211. The number of ether oxygens (including phenoxy) is 1. The fraction of sp³-hybridized carbons (Fsp3) is 0.235. The fourth-order valence-corrected chi connectivity index (χ4v) is 1.92. The Labute approximate surface area is 134 Å². The molecular formula is C17H20N2O4. The Hall–Kier alpha value is -2.57. The van der Waals surface area contributed by atoms with Crippen LogP contribution in [-0.2, 0) is 0 Å². The molecule has 0 fully saturated rings. The number of carbonyl (C=O) groups excluding carboxylic acids is 1. The number of anilines is 2. The first kappa shape index (κ1) is 16.8. The van der Waals surface area contributed by atoms with Crippen LogP contribution in [0.5, 0.6) is 5.75 Å². The standard InChI is InChI=1S/C17H20N2O4/c1-23-16-8-6-14(7-9-16)19-17(22)12-2-4-13(5-3-12)18-10-15(21)11-20/h2-9,15,18,20-21H,10-11H2,1H3,(H,19,22). The summed E-state index contributed by atoms with van der Waals surface area (Å²) < 4.78 is 5.07. The lowest BCUT2D eigenvalue weighted by Crippen LogP contribution is -2.22. The maximum absolute atomic E-state index is 12.2. The van der Waals surface area contributed by atoms with Crippen molar-refractivity contribution in [3.05, 3.63) is 54.1 Å². The van der Waals surface area contributed by atoms with Gasteiger partial charge in [0, 0.05) is 23.5 Å². The van der Waals surface area contributed by atoms with Gasteiger partial charge < -0.3 is 25.6 Å². The Balaban J connectivity index is 1.94. The second-order valence-electron chi connectivity index (χ2n) is 4.98. The normalized spacial score (nSPS) is 11.6. The molecule has 0 saturated carbocycles. The van der Waals surface area contributed by atoms with Crippen LogP contribution in [0.4, 0.5) is 11.4 Å². The monoisotopic (exact) mass is 316 g/mol. The zero-order valence-corrected chi connectivity index (χ0v) is 12.8. The van der Waals surface area contributed by atoms with Crippen molar-refractivity contribution in [1.29, 1.82) is 0 Å². The van der Waals surface area contributed by atoms with E-state index in [1.807, 2.05) is 0 Å². The lowest BCUT2D eigenvalue weighted by molar-refractivity contribution is 0.102. The molecule has 122 valence electrons. The second kappa shape index (κ2) is 8.17. The van der Waals surface area contributed by atoms with E-state index >= 15 is 0 Å². The van der Waals surface area contributed by atoms with Crippen molar-refractivity contribution >= 4 is 17.3 Å². The Morgan fingerprint density at radius 2 is 1.70 bits per heavy atom. The highest BCUT2D eigenvalue weighted by Gasteiger charge is 2.07. The molecule has 0 radical (unpaired) electrons. The first-order valence-electron chi connectivity index (χ1n) is 7.20. The van der Waals surface area contributed by atoms with Crippen LogP contribution >= 0.6 is 0 Å². The van der Waals surface area contributed by atoms with E-state index in [-0.39, 0.29) is 19.1 Å². The SMILES string of the molecule is COc1ccc(NC(=O)c2ccc(NCC(O)CO)cc2)cc1. The maximum Gasteiger partial charge on any atom is 0.255 e. The number of aliphatic hydroxyl groups excluding tert-OH is 2. The molecule has 0 heterocycles. The molecule has 0 aliphatic carbocycles. The van der Waals surface area contributed by atoms with Gasteiger partial charge in [0.1, 0.15) is 5.75 Å². The van der Waals surface area contributed by atoms with Gasteiger partial charge in [-0.1, -0.05) is 0 Å². The lowest BCUT2D eigenvalue weighted by atomic mass is 10.2. The third-order valence-electron chi connectivity index (χ3n) is 3.25. The molecular weight excluding hydrogens is 296 g/mol. The quantitative estimate of drug-likeness (QED) is 0.624. The lowest BCUT2D eigenvalue weighted by Gasteiger charge is -2.11. The summed E-state index contributed by atoms with van der Waals surface area (Å²) in [6.07, 6.45) is -0.812. The number of rotatable bonds is 7. The number of methoxy groups -OCH3 is 1. The van der Waals surface area contributed by atoms with Gasteiger partial charge >= 0.3 is 0 Å². The van der Waals surface area contributed by atoms with Gasteiger partial charge in [-0.3, -0.25) is 4.79 Å². The molecule has 0 aliphatic heterocycles. The van der Waals surface area contributed by atoms with Crippen molar-refractivity contribution in [3.8, 4) is 5.75 Å². The van der Waals surface area contributed by atoms with Gasteiger partial charge in [0.25, 0.3) is 5.91 Å². The van der Waals surface area contributed by atoms with Gasteiger partial charge in [0.05, 0.1) is 19.8 Å². The fourth-order valence-electron chi connectivity index (χ4n) is 1.92. The van der Waals surface area contributed by atoms with Crippen molar-refractivity contribution in [2.75, 3.05) is 30.9 Å². The van der Waals surface area contributed by atoms with E-state index < -0.39 is 6.10 Å². The molecule has 0 spiro atoms. The molecule has 6 nitrogen and oxygen atoms in total. The molecule has 1 unspecified atom stereocenters. The Bertz CT molecular complexity index is 626. The highest BCUT2D eigenvalue weighted by atomic mass is 16.5. The van der Waals surface area contributed by atoms with Crippen LogP contribution < -0.4 is 15.4 Å². The summed E-state index contributed by atoms with van der Waals surface area (Å²) in [5.41, 5.74) is 1.97. The number of aliphatic hydroxyl groups is 2. The van der Waals surface area contributed by atoms with Crippen LogP contribution in [-0.4, -0.2) is 42.5 Å².